The number of pyridine rings is 1. The van der Waals surface area contributed by atoms with Crippen molar-refractivity contribution in [3.05, 3.63) is 30.1 Å². The lowest BCUT2D eigenvalue weighted by molar-refractivity contribution is 0.0701. The molecule has 2 fully saturated rings. The van der Waals surface area contributed by atoms with Gasteiger partial charge >= 0.3 is 6.03 Å². The molecule has 126 valence electrons. The molecule has 3 heterocycles. The first-order valence-electron chi connectivity index (χ1n) is 8.55. The van der Waals surface area contributed by atoms with Crippen LogP contribution in [0, 0.1) is 0 Å². The van der Waals surface area contributed by atoms with Gasteiger partial charge in [-0.15, -0.1) is 0 Å². The van der Waals surface area contributed by atoms with E-state index in [1.807, 2.05) is 17.0 Å². The molecule has 0 aliphatic carbocycles. The predicted octanol–water partition coefficient (Wildman–Crippen LogP) is 1.04. The number of piperidine rings is 1. The zero-order valence-electron chi connectivity index (χ0n) is 13.5. The van der Waals surface area contributed by atoms with Gasteiger partial charge in [0, 0.05) is 44.5 Å². The number of carbonyl (C=O) groups is 1. The maximum absolute atomic E-state index is 12.1. The van der Waals surface area contributed by atoms with Crippen molar-refractivity contribution < 1.29 is 9.90 Å². The third-order valence-electron chi connectivity index (χ3n) is 4.75. The third-order valence-corrected chi connectivity index (χ3v) is 4.75. The number of aliphatic hydroxyl groups excluding tert-OH is 1. The highest BCUT2D eigenvalue weighted by molar-refractivity contribution is 5.75. The predicted molar refractivity (Wildman–Crippen MR) is 88.2 cm³/mol. The number of β-amino-alcohol motifs (C(OH)–C–C–N with tert-alkyl or cyclic N) is 1. The van der Waals surface area contributed by atoms with Crippen molar-refractivity contribution in [2.75, 3.05) is 39.3 Å². The first kappa shape index (κ1) is 16.2. The Hall–Kier alpha value is -1.66. The highest BCUT2D eigenvalue weighted by Gasteiger charge is 2.31. The lowest BCUT2D eigenvalue weighted by Crippen LogP contribution is -2.52. The van der Waals surface area contributed by atoms with Crippen LogP contribution in [0.15, 0.2) is 24.5 Å². The molecular weight excluding hydrogens is 292 g/mol. The van der Waals surface area contributed by atoms with Crippen LogP contribution < -0.4 is 5.32 Å². The van der Waals surface area contributed by atoms with Crippen LogP contribution in [0.25, 0.3) is 0 Å². The van der Waals surface area contributed by atoms with E-state index in [0.29, 0.717) is 12.5 Å². The molecule has 1 aromatic rings. The van der Waals surface area contributed by atoms with E-state index >= 15 is 0 Å². The SMILES string of the molecule is O=C(NCCCN1CCC[C@@H](O)C1)N1CC(c2ccncc2)C1. The number of aliphatic hydroxyl groups is 1. The molecule has 0 saturated carbocycles. The summed E-state index contributed by atoms with van der Waals surface area (Å²) >= 11 is 0. The van der Waals surface area contributed by atoms with Crippen molar-refractivity contribution in [2.24, 2.45) is 0 Å². The van der Waals surface area contributed by atoms with Gasteiger partial charge in [0.15, 0.2) is 0 Å². The molecular formula is C17H26N4O2. The molecule has 23 heavy (non-hydrogen) atoms. The molecule has 3 rings (SSSR count). The Morgan fingerprint density at radius 3 is 2.83 bits per heavy atom. The van der Waals surface area contributed by atoms with Crippen molar-refractivity contribution in [3.63, 3.8) is 0 Å². The topological polar surface area (TPSA) is 68.7 Å². The standard InChI is InChI=1S/C17H26N4O2/c22-16-3-1-9-20(13-16)10-2-6-19-17(23)21-11-15(12-21)14-4-7-18-8-5-14/h4-5,7-8,15-16,22H,1-3,6,9-13H2,(H,19,23)/t16-/m1/s1. The molecule has 1 atom stereocenters. The van der Waals surface area contributed by atoms with Gasteiger partial charge in [0.25, 0.3) is 0 Å². The third kappa shape index (κ3) is 4.42. The molecule has 0 spiro atoms. The van der Waals surface area contributed by atoms with Crippen LogP contribution in [0.4, 0.5) is 4.79 Å². The number of carbonyl (C=O) groups excluding carboxylic acids is 1. The number of rotatable bonds is 5. The first-order valence-corrected chi connectivity index (χ1v) is 8.55. The van der Waals surface area contributed by atoms with Crippen molar-refractivity contribution >= 4 is 6.03 Å². The second-order valence-electron chi connectivity index (χ2n) is 6.56. The molecule has 2 aliphatic heterocycles. The Labute approximate surface area is 137 Å². The van der Waals surface area contributed by atoms with Gasteiger partial charge in [-0.25, -0.2) is 4.79 Å². The van der Waals surface area contributed by atoms with E-state index in [-0.39, 0.29) is 12.1 Å². The lowest BCUT2D eigenvalue weighted by Gasteiger charge is -2.39. The minimum Gasteiger partial charge on any atom is -0.392 e. The lowest BCUT2D eigenvalue weighted by atomic mass is 9.93. The van der Waals surface area contributed by atoms with Crippen molar-refractivity contribution in [1.82, 2.24) is 20.1 Å². The Morgan fingerprint density at radius 1 is 1.30 bits per heavy atom. The zero-order valence-corrected chi connectivity index (χ0v) is 13.5. The molecule has 0 radical (unpaired) electrons. The van der Waals surface area contributed by atoms with Crippen LogP contribution in [-0.4, -0.2) is 71.3 Å². The summed E-state index contributed by atoms with van der Waals surface area (Å²) < 4.78 is 0. The number of hydrogen-bond acceptors (Lipinski definition) is 4. The number of aromatic nitrogens is 1. The van der Waals surface area contributed by atoms with Gasteiger partial charge < -0.3 is 20.2 Å². The summed E-state index contributed by atoms with van der Waals surface area (Å²) in [7, 11) is 0. The van der Waals surface area contributed by atoms with Gasteiger partial charge in [-0.3, -0.25) is 4.98 Å². The molecule has 1 aromatic heterocycles. The summed E-state index contributed by atoms with van der Waals surface area (Å²) in [5.74, 6) is 0.443. The second-order valence-corrected chi connectivity index (χ2v) is 6.56. The van der Waals surface area contributed by atoms with Crippen LogP contribution in [0.1, 0.15) is 30.7 Å². The van der Waals surface area contributed by atoms with E-state index < -0.39 is 0 Å². The highest BCUT2D eigenvalue weighted by atomic mass is 16.3. The molecule has 0 unspecified atom stereocenters. The summed E-state index contributed by atoms with van der Waals surface area (Å²) in [5, 5.41) is 12.6. The molecule has 6 heteroatoms. The fourth-order valence-electron chi connectivity index (χ4n) is 3.33. The van der Waals surface area contributed by atoms with Gasteiger partial charge in [0.1, 0.15) is 0 Å². The molecule has 2 aliphatic rings. The monoisotopic (exact) mass is 318 g/mol. The number of hydrogen-bond donors (Lipinski definition) is 2. The minimum atomic E-state index is -0.176. The Bertz CT molecular complexity index is 505. The van der Waals surface area contributed by atoms with Crippen molar-refractivity contribution in [2.45, 2.75) is 31.3 Å². The number of nitrogens with one attached hydrogen (secondary N) is 1. The van der Waals surface area contributed by atoms with Crippen LogP contribution in [0.2, 0.25) is 0 Å². The average molecular weight is 318 g/mol. The Balaban J connectivity index is 1.29. The number of nitrogens with zero attached hydrogens (tertiary/aromatic N) is 3. The summed E-state index contributed by atoms with van der Waals surface area (Å²) in [6.45, 7) is 5.04. The Kier molecular flexibility index (Phi) is 5.46. The average Bonchev–Trinajstić information content (AvgIpc) is 2.51. The van der Waals surface area contributed by atoms with E-state index in [2.05, 4.69) is 15.2 Å². The summed E-state index contributed by atoms with van der Waals surface area (Å²) in [4.78, 5) is 20.2. The molecule has 2 saturated heterocycles. The smallest absolute Gasteiger partial charge is 0.317 e. The summed E-state index contributed by atoms with van der Waals surface area (Å²) in [6, 6.07) is 4.08. The first-order chi connectivity index (χ1) is 11.2. The number of urea groups is 1. The minimum absolute atomic E-state index is 0.0361. The van der Waals surface area contributed by atoms with Crippen LogP contribution >= 0.6 is 0 Å². The number of likely N-dealkylation sites (tertiary alicyclic amines) is 2. The summed E-state index contributed by atoms with van der Waals surface area (Å²) in [6.07, 6.45) is 6.34. The van der Waals surface area contributed by atoms with Crippen molar-refractivity contribution in [3.8, 4) is 0 Å². The summed E-state index contributed by atoms with van der Waals surface area (Å²) in [5.41, 5.74) is 1.26. The Morgan fingerprint density at radius 2 is 2.09 bits per heavy atom. The second kappa shape index (κ2) is 7.75. The van der Waals surface area contributed by atoms with Crippen LogP contribution in [-0.2, 0) is 0 Å². The van der Waals surface area contributed by atoms with E-state index in [1.54, 1.807) is 12.4 Å². The fourth-order valence-corrected chi connectivity index (χ4v) is 3.33. The number of amides is 2. The maximum Gasteiger partial charge on any atom is 0.317 e. The van der Waals surface area contributed by atoms with E-state index in [9.17, 15) is 9.90 Å². The van der Waals surface area contributed by atoms with Gasteiger partial charge in [-0.05, 0) is 50.0 Å². The molecule has 2 amide bonds. The van der Waals surface area contributed by atoms with Gasteiger partial charge in [-0.2, -0.15) is 0 Å². The maximum atomic E-state index is 12.1. The normalized spacial score (nSPS) is 22.7. The quantitative estimate of drug-likeness (QED) is 0.796. The molecule has 0 bridgehead atoms. The molecule has 6 nitrogen and oxygen atoms in total. The van der Waals surface area contributed by atoms with Crippen LogP contribution in [0.3, 0.4) is 0 Å². The van der Waals surface area contributed by atoms with Gasteiger partial charge in [-0.1, -0.05) is 0 Å². The van der Waals surface area contributed by atoms with E-state index in [0.717, 1.165) is 52.0 Å². The van der Waals surface area contributed by atoms with Crippen LogP contribution in [0.5, 0.6) is 0 Å². The largest absolute Gasteiger partial charge is 0.392 e. The van der Waals surface area contributed by atoms with Gasteiger partial charge in [0.05, 0.1) is 6.10 Å². The fraction of sp³-hybridized carbons (Fsp3) is 0.647. The zero-order chi connectivity index (χ0) is 16.1. The van der Waals surface area contributed by atoms with Crippen molar-refractivity contribution in [1.29, 1.82) is 0 Å². The highest BCUT2D eigenvalue weighted by Crippen LogP contribution is 2.26. The van der Waals surface area contributed by atoms with E-state index in [1.165, 1.54) is 5.56 Å². The van der Waals surface area contributed by atoms with Gasteiger partial charge in [0.2, 0.25) is 0 Å². The van der Waals surface area contributed by atoms with E-state index in [4.69, 9.17) is 0 Å². The molecule has 0 aromatic carbocycles. The molecule has 2 N–H and O–H groups in total.